The number of allylic oxidation sites excluding steroid dienone is 3. The number of carbonyl (C=O) groups excluding carboxylic acids is 1. The van der Waals surface area contributed by atoms with Crippen molar-refractivity contribution in [1.82, 2.24) is 23.2 Å². The monoisotopic (exact) mass is 571 g/mol. The molecule has 4 rings (SSSR count). The molecule has 33 heavy (non-hydrogen) atoms. The summed E-state index contributed by atoms with van der Waals surface area (Å²) in [5.74, 6) is -0.229. The molecule has 1 fully saturated rings. The predicted molar refractivity (Wildman–Crippen MR) is 125 cm³/mol. The van der Waals surface area contributed by atoms with E-state index in [1.54, 1.807) is 42.3 Å². The number of rotatable bonds is 6. The Bertz CT molecular complexity index is 1210. The molecule has 11 heteroatoms. The number of carbonyl (C=O) groups is 1. The van der Waals surface area contributed by atoms with Gasteiger partial charge in [0.25, 0.3) is 0 Å². The molecule has 2 aliphatic rings. The van der Waals surface area contributed by atoms with Gasteiger partial charge in [0.15, 0.2) is 0 Å². The maximum absolute atomic E-state index is 13.0. The van der Waals surface area contributed by atoms with E-state index in [4.69, 9.17) is 4.74 Å². The molecule has 1 N–H and O–H groups in total. The molecule has 0 radical (unpaired) electrons. The molecule has 1 aliphatic heterocycles. The van der Waals surface area contributed by atoms with Crippen LogP contribution in [0.3, 0.4) is 0 Å². The topological polar surface area (TPSA) is 72.3 Å². The molecule has 3 heterocycles. The summed E-state index contributed by atoms with van der Waals surface area (Å²) in [5, 5.41) is 4.17. The molecule has 2 aromatic rings. The number of ether oxygens (including phenoxy) is 1. The number of alkyl halides is 5. The number of nitrogens with one attached hydrogen (secondary N) is 1. The fourth-order valence-corrected chi connectivity index (χ4v) is 8.07. The number of aryl methyl sites for hydroxylation is 1. The van der Waals surface area contributed by atoms with Gasteiger partial charge in [-0.1, -0.05) is 0 Å². The Morgan fingerprint density at radius 2 is 2.03 bits per heavy atom. The molecule has 1 aliphatic carbocycles. The number of nitrogens with zero attached hydrogens (tertiary/aromatic N) is 4. The zero-order valence-electron chi connectivity index (χ0n) is 17.9. The Morgan fingerprint density at radius 3 is 2.64 bits per heavy atom. The van der Waals surface area contributed by atoms with Crippen LogP contribution >= 0.6 is 20.1 Å². The van der Waals surface area contributed by atoms with Crippen LogP contribution in [0.2, 0.25) is 0 Å². The van der Waals surface area contributed by atoms with E-state index < -0.39 is 32.9 Å². The summed E-state index contributed by atoms with van der Waals surface area (Å²) in [7, 11) is 3.83. The van der Waals surface area contributed by atoms with Gasteiger partial charge in [-0.25, -0.2) is 0 Å². The van der Waals surface area contributed by atoms with Gasteiger partial charge < -0.3 is 0 Å². The van der Waals surface area contributed by atoms with Gasteiger partial charge >= 0.3 is 183 Å². The number of halogens is 4. The van der Waals surface area contributed by atoms with E-state index in [1.165, 1.54) is 6.08 Å². The van der Waals surface area contributed by atoms with Gasteiger partial charge in [0.05, 0.1) is 0 Å². The average molecular weight is 571 g/mol. The summed E-state index contributed by atoms with van der Waals surface area (Å²) in [4.78, 5) is 19.9. The minimum absolute atomic E-state index is 0.0745. The van der Waals surface area contributed by atoms with Gasteiger partial charge in [-0.2, -0.15) is 13.2 Å². The van der Waals surface area contributed by atoms with Crippen molar-refractivity contribution in [3.05, 3.63) is 65.2 Å². The minimum atomic E-state index is -4.44. The first-order chi connectivity index (χ1) is 15.7. The van der Waals surface area contributed by atoms with E-state index >= 15 is 0 Å². The van der Waals surface area contributed by atoms with Crippen LogP contribution in [0.25, 0.3) is 16.8 Å². The summed E-state index contributed by atoms with van der Waals surface area (Å²) in [6, 6.07) is 3.37. The molecule has 1 saturated heterocycles. The van der Waals surface area contributed by atoms with Gasteiger partial charge in [0, 0.05) is 0 Å². The molecule has 0 aromatic carbocycles. The molecular weight excluding hydrogens is 550 g/mol. The zero-order chi connectivity index (χ0) is 23.6. The Kier molecular flexibility index (Phi) is 6.76. The van der Waals surface area contributed by atoms with Gasteiger partial charge in [0.1, 0.15) is 0 Å². The van der Waals surface area contributed by atoms with Gasteiger partial charge in [-0.3, -0.25) is 0 Å². The number of pyridine rings is 1. The number of aromatic nitrogens is 3. The second-order valence-corrected chi connectivity index (χ2v) is 12.5. The van der Waals surface area contributed by atoms with Crippen LogP contribution in [0, 0.1) is 0 Å². The van der Waals surface area contributed by atoms with E-state index in [1.807, 2.05) is 7.05 Å². The van der Waals surface area contributed by atoms with Crippen molar-refractivity contribution < 1.29 is 22.7 Å². The van der Waals surface area contributed by atoms with E-state index in [0.717, 1.165) is 21.1 Å². The van der Waals surface area contributed by atoms with Crippen molar-refractivity contribution in [2.75, 3.05) is 29.2 Å². The first kappa shape index (κ1) is 23.3. The predicted octanol–water partition coefficient (Wildman–Crippen LogP) is 3.71. The third kappa shape index (κ3) is 6.14. The van der Waals surface area contributed by atoms with Crippen LogP contribution < -0.4 is 3.53 Å². The quantitative estimate of drug-likeness (QED) is 0.188. The molecule has 0 unspecified atom stereocenters. The maximum atomic E-state index is 13.0. The molecule has 0 bridgehead atoms. The molecular formula is C22H21F3IN5O2. The number of amides is 1. The second-order valence-electron chi connectivity index (χ2n) is 7.56. The SMILES string of the molecule is CN1CCI(NC(=O)c2cc(C3=C=C=C(OCC(F)(F)F)C=C3)nc(-c3cnn(C)c3)c2)C1. The Labute approximate surface area is 196 Å². The number of hydrogen-bond donors (Lipinski definition) is 1. The van der Waals surface area contributed by atoms with Crippen molar-refractivity contribution in [3.63, 3.8) is 0 Å². The van der Waals surface area contributed by atoms with Gasteiger partial charge in [-0.15, -0.1) is 0 Å². The first-order valence-electron chi connectivity index (χ1n) is 9.92. The molecule has 7 nitrogen and oxygen atoms in total. The normalized spacial score (nSPS) is 17.2. The van der Waals surface area contributed by atoms with Crippen molar-refractivity contribution in [2.45, 2.75) is 6.18 Å². The van der Waals surface area contributed by atoms with Crippen molar-refractivity contribution in [3.8, 4) is 11.3 Å². The van der Waals surface area contributed by atoms with Crippen LogP contribution in [-0.4, -0.2) is 60.9 Å². The summed E-state index contributed by atoms with van der Waals surface area (Å²) in [6.45, 7) is -0.419. The molecule has 1 amide bonds. The van der Waals surface area contributed by atoms with Crippen LogP contribution in [0.15, 0.2) is 53.9 Å². The van der Waals surface area contributed by atoms with Gasteiger partial charge in [-0.05, 0) is 0 Å². The van der Waals surface area contributed by atoms with Crippen LogP contribution in [0.5, 0.6) is 0 Å². The van der Waals surface area contributed by atoms with Crippen LogP contribution in [0.4, 0.5) is 13.2 Å². The fraction of sp³-hybridized carbons (Fsp3) is 0.318. The van der Waals surface area contributed by atoms with Crippen molar-refractivity contribution >= 4 is 31.6 Å². The standard InChI is InChI=1S/C22H21F3IN5O2/c1-30-8-7-26(14-30)29-21(32)16-9-19(28-20(10-16)17-11-27-31(2)12-17)15-3-5-18(6-4-15)33-13-22(23,24)25/h3,5,9-12H,7-8,13-14H2,1-2H3,(H,29,32). The summed E-state index contributed by atoms with van der Waals surface area (Å²) in [5.41, 5.74) is 8.05. The third-order valence-electron chi connectivity index (χ3n) is 4.74. The van der Waals surface area contributed by atoms with Crippen LogP contribution in [0.1, 0.15) is 16.1 Å². The molecule has 0 spiro atoms. The van der Waals surface area contributed by atoms with E-state index in [2.05, 4.69) is 30.0 Å². The first-order valence-corrected chi connectivity index (χ1v) is 14.1. The third-order valence-corrected chi connectivity index (χ3v) is 9.76. The number of hydrogen-bond acceptors (Lipinski definition) is 5. The van der Waals surface area contributed by atoms with Crippen molar-refractivity contribution in [1.29, 1.82) is 0 Å². The van der Waals surface area contributed by atoms with E-state index in [0.29, 0.717) is 22.5 Å². The van der Waals surface area contributed by atoms with Gasteiger partial charge in [0.2, 0.25) is 0 Å². The summed E-state index contributed by atoms with van der Waals surface area (Å²) >= 11 is -1.59. The molecule has 174 valence electrons. The van der Waals surface area contributed by atoms with Crippen molar-refractivity contribution in [2.24, 2.45) is 7.05 Å². The fourth-order valence-electron chi connectivity index (χ4n) is 3.13. The molecule has 2 aromatic heterocycles. The molecule has 0 atom stereocenters. The van der Waals surface area contributed by atoms with E-state index in [9.17, 15) is 18.0 Å². The Hall–Kier alpha value is -2.85. The molecule has 0 saturated carbocycles. The summed E-state index contributed by atoms with van der Waals surface area (Å²) < 4.78 is 48.6. The second kappa shape index (κ2) is 9.56. The van der Waals surface area contributed by atoms with E-state index in [-0.39, 0.29) is 11.7 Å². The Balaban J connectivity index is 1.67. The zero-order valence-corrected chi connectivity index (χ0v) is 20.1. The average Bonchev–Trinajstić information content (AvgIpc) is 3.39. The Morgan fingerprint density at radius 1 is 1.24 bits per heavy atom. The van der Waals surface area contributed by atoms with Crippen LogP contribution in [-0.2, 0) is 11.8 Å². The summed E-state index contributed by atoms with van der Waals surface area (Å²) in [6.07, 6.45) is 1.92.